The first-order chi connectivity index (χ1) is 14.4. The van der Waals surface area contributed by atoms with E-state index >= 15 is 0 Å². The molecule has 2 aliphatic rings. The summed E-state index contributed by atoms with van der Waals surface area (Å²) in [6.45, 7) is 2.68. The molecule has 0 saturated carbocycles. The molecule has 1 fully saturated rings. The van der Waals surface area contributed by atoms with E-state index in [1.54, 1.807) is 18.5 Å². The van der Waals surface area contributed by atoms with E-state index in [2.05, 4.69) is 10.3 Å². The number of amides is 1. The monoisotopic (exact) mass is 427 g/mol. The highest BCUT2D eigenvalue weighted by molar-refractivity contribution is 7.89. The molecule has 0 spiro atoms. The number of benzene rings is 1. The maximum Gasteiger partial charge on any atom is 0.243 e. The van der Waals surface area contributed by atoms with Gasteiger partial charge in [-0.3, -0.25) is 9.78 Å². The maximum absolute atomic E-state index is 13.1. The fourth-order valence-corrected chi connectivity index (χ4v) is 5.95. The number of pyridine rings is 1. The first-order valence-corrected chi connectivity index (χ1v) is 12.2. The summed E-state index contributed by atoms with van der Waals surface area (Å²) in [6, 6.07) is 9.24. The Labute approximate surface area is 178 Å². The number of nitrogens with zero attached hydrogens (tertiary/aromatic N) is 2. The van der Waals surface area contributed by atoms with Crippen molar-refractivity contribution in [2.45, 2.75) is 56.4 Å². The van der Waals surface area contributed by atoms with Crippen molar-refractivity contribution >= 4 is 15.9 Å². The standard InChI is InChI=1S/C23H29N3O3S/c1-17(21-7-4-12-24-16-21)25-23(27)19-10-13-26(14-11-19)30(28,29)22-9-8-18-5-2-3-6-20(18)15-22/h4,7-9,12,15-17,19H,2-3,5-6,10-11,13-14H2,1H3,(H,25,27)/t17-/m1/s1. The van der Waals surface area contributed by atoms with Crippen LogP contribution in [0, 0.1) is 5.92 Å². The van der Waals surface area contributed by atoms with E-state index in [4.69, 9.17) is 0 Å². The minimum Gasteiger partial charge on any atom is -0.349 e. The smallest absolute Gasteiger partial charge is 0.243 e. The van der Waals surface area contributed by atoms with Crippen LogP contribution >= 0.6 is 0 Å². The van der Waals surface area contributed by atoms with Crippen LogP contribution in [0.15, 0.2) is 47.6 Å². The van der Waals surface area contributed by atoms with Crippen LogP contribution in [0.1, 0.15) is 55.3 Å². The molecular weight excluding hydrogens is 398 g/mol. The summed E-state index contributed by atoms with van der Waals surface area (Å²) >= 11 is 0. The number of rotatable bonds is 5. The number of hydrogen-bond donors (Lipinski definition) is 1. The van der Waals surface area contributed by atoms with Gasteiger partial charge in [0.15, 0.2) is 0 Å². The van der Waals surface area contributed by atoms with Gasteiger partial charge in [0.25, 0.3) is 0 Å². The lowest BCUT2D eigenvalue weighted by Gasteiger charge is -2.31. The second-order valence-electron chi connectivity index (χ2n) is 8.33. The molecular formula is C23H29N3O3S. The fourth-order valence-electron chi connectivity index (χ4n) is 4.42. The molecule has 1 N–H and O–H groups in total. The fraction of sp³-hybridized carbons (Fsp3) is 0.478. The Morgan fingerprint density at radius 3 is 2.57 bits per heavy atom. The molecule has 1 atom stereocenters. The average Bonchev–Trinajstić information content (AvgIpc) is 2.79. The zero-order valence-corrected chi connectivity index (χ0v) is 18.2. The minimum absolute atomic E-state index is 0.0165. The van der Waals surface area contributed by atoms with Crippen LogP contribution in [0.5, 0.6) is 0 Å². The zero-order valence-electron chi connectivity index (χ0n) is 17.4. The molecule has 1 amide bonds. The summed E-state index contributed by atoms with van der Waals surface area (Å²) in [5, 5.41) is 3.04. The number of hydrogen-bond acceptors (Lipinski definition) is 4. The maximum atomic E-state index is 13.1. The Morgan fingerprint density at radius 2 is 1.87 bits per heavy atom. The van der Waals surface area contributed by atoms with E-state index in [1.165, 1.54) is 21.9 Å². The lowest BCUT2D eigenvalue weighted by atomic mass is 9.92. The second kappa shape index (κ2) is 8.86. The highest BCUT2D eigenvalue weighted by Crippen LogP contribution is 2.28. The molecule has 1 aliphatic heterocycles. The van der Waals surface area contributed by atoms with E-state index < -0.39 is 10.0 Å². The summed E-state index contributed by atoms with van der Waals surface area (Å²) in [5.74, 6) is -0.184. The lowest BCUT2D eigenvalue weighted by Crippen LogP contribution is -2.43. The molecule has 7 heteroatoms. The third-order valence-electron chi connectivity index (χ3n) is 6.33. The number of aromatic nitrogens is 1. The summed E-state index contributed by atoms with van der Waals surface area (Å²) in [7, 11) is -3.52. The number of aryl methyl sites for hydroxylation is 2. The Balaban J connectivity index is 1.37. The van der Waals surface area contributed by atoms with Crippen molar-refractivity contribution in [1.29, 1.82) is 0 Å². The molecule has 4 rings (SSSR count). The van der Waals surface area contributed by atoms with Crippen LogP contribution in [0.2, 0.25) is 0 Å². The van der Waals surface area contributed by atoms with E-state index in [0.717, 1.165) is 24.8 Å². The molecule has 0 bridgehead atoms. The number of nitrogens with one attached hydrogen (secondary N) is 1. The molecule has 1 aromatic heterocycles. The van der Waals surface area contributed by atoms with Gasteiger partial charge in [-0.25, -0.2) is 8.42 Å². The van der Waals surface area contributed by atoms with Crippen molar-refractivity contribution in [3.05, 3.63) is 59.4 Å². The quantitative estimate of drug-likeness (QED) is 0.795. The summed E-state index contributed by atoms with van der Waals surface area (Å²) < 4.78 is 27.8. The van der Waals surface area contributed by atoms with Gasteiger partial charge in [0.1, 0.15) is 0 Å². The van der Waals surface area contributed by atoms with Crippen LogP contribution in [0.25, 0.3) is 0 Å². The van der Waals surface area contributed by atoms with E-state index in [0.29, 0.717) is 30.8 Å². The van der Waals surface area contributed by atoms with Crippen molar-refractivity contribution in [3.8, 4) is 0 Å². The summed E-state index contributed by atoms with van der Waals surface area (Å²) in [5.41, 5.74) is 3.40. The number of sulfonamides is 1. The topological polar surface area (TPSA) is 79.4 Å². The van der Waals surface area contributed by atoms with E-state index in [1.807, 2.05) is 31.2 Å². The molecule has 0 unspecified atom stereocenters. The third-order valence-corrected chi connectivity index (χ3v) is 8.22. The minimum atomic E-state index is -3.52. The van der Waals surface area contributed by atoms with E-state index in [-0.39, 0.29) is 17.9 Å². The number of fused-ring (bicyclic) bond motifs is 1. The predicted octanol–water partition coefficient (Wildman–Crippen LogP) is 3.24. The largest absolute Gasteiger partial charge is 0.349 e. The number of piperidine rings is 1. The van der Waals surface area contributed by atoms with Gasteiger partial charge in [-0.05, 0) is 80.3 Å². The molecule has 1 aliphatic carbocycles. The third kappa shape index (κ3) is 4.42. The van der Waals surface area contributed by atoms with Crippen molar-refractivity contribution in [1.82, 2.24) is 14.6 Å². The van der Waals surface area contributed by atoms with Crippen LogP contribution in [0.3, 0.4) is 0 Å². The van der Waals surface area contributed by atoms with Gasteiger partial charge in [-0.1, -0.05) is 12.1 Å². The highest BCUT2D eigenvalue weighted by Gasteiger charge is 2.33. The Kier molecular flexibility index (Phi) is 6.20. The van der Waals surface area contributed by atoms with Gasteiger partial charge < -0.3 is 5.32 Å². The van der Waals surface area contributed by atoms with Crippen molar-refractivity contribution < 1.29 is 13.2 Å². The SMILES string of the molecule is C[C@@H](NC(=O)C1CCN(S(=O)(=O)c2ccc3c(c2)CCCC3)CC1)c1cccnc1. The Bertz CT molecular complexity index is 1000. The molecule has 2 heterocycles. The summed E-state index contributed by atoms with van der Waals surface area (Å²) in [4.78, 5) is 17.1. The van der Waals surface area contributed by atoms with Crippen LogP contribution in [0.4, 0.5) is 0 Å². The number of carbonyl (C=O) groups is 1. The van der Waals surface area contributed by atoms with Crippen LogP contribution in [-0.2, 0) is 27.7 Å². The molecule has 30 heavy (non-hydrogen) atoms. The van der Waals surface area contributed by atoms with E-state index in [9.17, 15) is 13.2 Å². The normalized spacial score (nSPS) is 19.1. The van der Waals surface area contributed by atoms with Gasteiger partial charge in [0.05, 0.1) is 10.9 Å². The van der Waals surface area contributed by atoms with Crippen molar-refractivity contribution in [2.24, 2.45) is 5.92 Å². The molecule has 6 nitrogen and oxygen atoms in total. The van der Waals surface area contributed by atoms with Gasteiger partial charge in [0, 0.05) is 31.4 Å². The Morgan fingerprint density at radius 1 is 1.13 bits per heavy atom. The molecule has 1 aromatic carbocycles. The first-order valence-electron chi connectivity index (χ1n) is 10.8. The van der Waals surface area contributed by atoms with Gasteiger partial charge in [-0.2, -0.15) is 4.31 Å². The van der Waals surface area contributed by atoms with Crippen LogP contribution in [-0.4, -0.2) is 36.7 Å². The van der Waals surface area contributed by atoms with Gasteiger partial charge in [0.2, 0.25) is 15.9 Å². The zero-order chi connectivity index (χ0) is 21.1. The predicted molar refractivity (Wildman–Crippen MR) is 115 cm³/mol. The number of carbonyl (C=O) groups excluding carboxylic acids is 1. The lowest BCUT2D eigenvalue weighted by molar-refractivity contribution is -0.126. The Hall–Kier alpha value is -2.25. The van der Waals surface area contributed by atoms with Crippen molar-refractivity contribution in [2.75, 3.05) is 13.1 Å². The summed E-state index contributed by atoms with van der Waals surface area (Å²) in [6.07, 6.45) is 8.81. The van der Waals surface area contributed by atoms with Crippen LogP contribution < -0.4 is 5.32 Å². The second-order valence-corrected chi connectivity index (χ2v) is 10.3. The average molecular weight is 428 g/mol. The van der Waals surface area contributed by atoms with Gasteiger partial charge >= 0.3 is 0 Å². The molecule has 0 radical (unpaired) electrons. The molecule has 160 valence electrons. The molecule has 2 aromatic rings. The highest BCUT2D eigenvalue weighted by atomic mass is 32.2. The van der Waals surface area contributed by atoms with Gasteiger partial charge in [-0.15, -0.1) is 0 Å². The molecule has 1 saturated heterocycles. The first kappa shape index (κ1) is 21.0. The van der Waals surface area contributed by atoms with Crippen molar-refractivity contribution in [3.63, 3.8) is 0 Å².